The number of esters is 1. The van der Waals surface area contributed by atoms with Gasteiger partial charge in [0.2, 0.25) is 0 Å². The number of nitrogen functional groups attached to an aromatic ring is 1. The maximum atomic E-state index is 11.3. The van der Waals surface area contributed by atoms with Gasteiger partial charge in [-0.1, -0.05) is 11.6 Å². The van der Waals surface area contributed by atoms with E-state index < -0.39 is 5.97 Å². The van der Waals surface area contributed by atoms with Crippen molar-refractivity contribution in [1.82, 2.24) is 0 Å². The minimum atomic E-state index is -0.445. The summed E-state index contributed by atoms with van der Waals surface area (Å²) in [5.74, 6) is -0.445. The number of ether oxygens (including phenoxy) is 1. The minimum Gasteiger partial charge on any atom is -0.462 e. The van der Waals surface area contributed by atoms with Crippen LogP contribution in [0.5, 0.6) is 0 Å². The Morgan fingerprint density at radius 2 is 2.31 bits per heavy atom. The first-order valence-corrected chi connectivity index (χ1v) is 4.25. The van der Waals surface area contributed by atoms with E-state index in [1.54, 1.807) is 19.1 Å². The van der Waals surface area contributed by atoms with E-state index in [0.717, 1.165) is 0 Å². The molecule has 0 unspecified atom stereocenters. The lowest BCUT2D eigenvalue weighted by atomic mass is 10.2. The van der Waals surface area contributed by atoms with Gasteiger partial charge in [0.05, 0.1) is 17.2 Å². The number of halogens is 1. The summed E-state index contributed by atoms with van der Waals surface area (Å²) >= 11 is 5.77. The van der Waals surface area contributed by atoms with Crippen LogP contribution in [0.1, 0.15) is 17.3 Å². The van der Waals surface area contributed by atoms with Crippen LogP contribution in [0, 0.1) is 0 Å². The lowest BCUT2D eigenvalue weighted by molar-refractivity contribution is 0.0526. The van der Waals surface area contributed by atoms with Crippen molar-refractivity contribution in [2.24, 2.45) is 0 Å². The first-order valence-electron chi connectivity index (χ1n) is 3.87. The molecule has 13 heavy (non-hydrogen) atoms. The summed E-state index contributed by atoms with van der Waals surface area (Å²) in [6.45, 7) is 2.06. The number of benzene rings is 1. The van der Waals surface area contributed by atoms with Crippen LogP contribution in [-0.2, 0) is 4.74 Å². The molecule has 0 aliphatic heterocycles. The summed E-state index contributed by atoms with van der Waals surface area (Å²) < 4.78 is 4.78. The number of hydrogen-bond acceptors (Lipinski definition) is 3. The molecule has 1 aromatic rings. The average Bonchev–Trinajstić information content (AvgIpc) is 2.09. The molecule has 0 aliphatic carbocycles. The van der Waals surface area contributed by atoms with Crippen LogP contribution in [0.4, 0.5) is 5.69 Å². The predicted octanol–water partition coefficient (Wildman–Crippen LogP) is 2.10. The summed E-state index contributed by atoms with van der Waals surface area (Å²) in [5, 5.41) is 0.354. The number of nitrogens with two attached hydrogens (primary N) is 1. The highest BCUT2D eigenvalue weighted by Gasteiger charge is 2.10. The van der Waals surface area contributed by atoms with Gasteiger partial charge in [-0.3, -0.25) is 0 Å². The standard InChI is InChI=1S/C9H10ClNO2/c1-2-13-9(12)7-5-6(11)3-4-8(7)10/h3-5H,2,11H2,1H3. The fourth-order valence-corrected chi connectivity index (χ4v) is 1.10. The third-order valence-corrected chi connectivity index (χ3v) is 1.82. The summed E-state index contributed by atoms with van der Waals surface area (Å²) in [4.78, 5) is 11.3. The molecule has 0 spiro atoms. The molecular weight excluding hydrogens is 190 g/mol. The van der Waals surface area contributed by atoms with Crippen molar-refractivity contribution in [2.75, 3.05) is 12.3 Å². The maximum Gasteiger partial charge on any atom is 0.339 e. The molecular formula is C9H10ClNO2. The smallest absolute Gasteiger partial charge is 0.339 e. The molecule has 0 aromatic heterocycles. The van der Waals surface area contributed by atoms with Gasteiger partial charge >= 0.3 is 5.97 Å². The Morgan fingerprint density at radius 1 is 1.62 bits per heavy atom. The van der Waals surface area contributed by atoms with E-state index in [0.29, 0.717) is 22.9 Å². The molecule has 3 nitrogen and oxygen atoms in total. The molecule has 0 aliphatic rings. The molecule has 70 valence electrons. The van der Waals surface area contributed by atoms with E-state index in [1.807, 2.05) is 0 Å². The summed E-state index contributed by atoms with van der Waals surface area (Å²) in [6.07, 6.45) is 0. The van der Waals surface area contributed by atoms with Crippen LogP contribution in [0.3, 0.4) is 0 Å². The molecule has 0 radical (unpaired) electrons. The predicted molar refractivity (Wildman–Crippen MR) is 51.8 cm³/mol. The second-order valence-electron chi connectivity index (χ2n) is 2.46. The summed E-state index contributed by atoms with van der Waals surface area (Å²) in [6, 6.07) is 4.70. The van der Waals surface area contributed by atoms with Gasteiger partial charge in [0.25, 0.3) is 0 Å². The van der Waals surface area contributed by atoms with Crippen molar-refractivity contribution in [3.8, 4) is 0 Å². The number of anilines is 1. The van der Waals surface area contributed by atoms with E-state index in [4.69, 9.17) is 22.1 Å². The van der Waals surface area contributed by atoms with Crippen LogP contribution in [-0.4, -0.2) is 12.6 Å². The van der Waals surface area contributed by atoms with Gasteiger partial charge in [0.15, 0.2) is 0 Å². The Labute approximate surface area is 81.4 Å². The first kappa shape index (κ1) is 9.86. The van der Waals surface area contributed by atoms with Crippen molar-refractivity contribution in [1.29, 1.82) is 0 Å². The van der Waals surface area contributed by atoms with Crippen LogP contribution in [0.2, 0.25) is 5.02 Å². The topological polar surface area (TPSA) is 52.3 Å². The van der Waals surface area contributed by atoms with E-state index in [-0.39, 0.29) is 0 Å². The zero-order chi connectivity index (χ0) is 9.84. The quantitative estimate of drug-likeness (QED) is 0.586. The lowest BCUT2D eigenvalue weighted by Gasteiger charge is -2.04. The first-order chi connectivity index (χ1) is 6.15. The van der Waals surface area contributed by atoms with Crippen LogP contribution in [0.25, 0.3) is 0 Å². The number of carbonyl (C=O) groups is 1. The fraction of sp³-hybridized carbons (Fsp3) is 0.222. The van der Waals surface area contributed by atoms with Gasteiger partial charge in [-0.25, -0.2) is 4.79 Å². The Balaban J connectivity index is 2.99. The molecule has 0 atom stereocenters. The van der Waals surface area contributed by atoms with Gasteiger partial charge in [-0.15, -0.1) is 0 Å². The molecule has 0 fully saturated rings. The Bertz CT molecular complexity index is 325. The number of carbonyl (C=O) groups excluding carboxylic acids is 1. The average molecular weight is 200 g/mol. The highest BCUT2D eigenvalue weighted by molar-refractivity contribution is 6.33. The Kier molecular flexibility index (Phi) is 3.14. The van der Waals surface area contributed by atoms with Gasteiger partial charge in [0, 0.05) is 5.69 Å². The van der Waals surface area contributed by atoms with Crippen LogP contribution < -0.4 is 5.73 Å². The van der Waals surface area contributed by atoms with Crippen molar-refractivity contribution >= 4 is 23.3 Å². The highest BCUT2D eigenvalue weighted by atomic mass is 35.5. The minimum absolute atomic E-state index is 0.309. The van der Waals surface area contributed by atoms with Gasteiger partial charge in [-0.2, -0.15) is 0 Å². The van der Waals surface area contributed by atoms with Crippen molar-refractivity contribution < 1.29 is 9.53 Å². The molecule has 2 N–H and O–H groups in total. The molecule has 0 saturated carbocycles. The lowest BCUT2D eigenvalue weighted by Crippen LogP contribution is -2.05. The number of rotatable bonds is 2. The molecule has 0 heterocycles. The van der Waals surface area contributed by atoms with E-state index in [2.05, 4.69) is 0 Å². The highest BCUT2D eigenvalue weighted by Crippen LogP contribution is 2.19. The van der Waals surface area contributed by atoms with Gasteiger partial charge in [-0.05, 0) is 25.1 Å². The van der Waals surface area contributed by atoms with Crippen molar-refractivity contribution in [3.63, 3.8) is 0 Å². The second-order valence-corrected chi connectivity index (χ2v) is 2.87. The molecule has 0 bridgehead atoms. The molecule has 4 heteroatoms. The van der Waals surface area contributed by atoms with E-state index >= 15 is 0 Å². The van der Waals surface area contributed by atoms with Crippen molar-refractivity contribution in [2.45, 2.75) is 6.92 Å². The molecule has 1 aromatic carbocycles. The normalized spacial score (nSPS) is 9.69. The zero-order valence-electron chi connectivity index (χ0n) is 7.21. The largest absolute Gasteiger partial charge is 0.462 e. The van der Waals surface area contributed by atoms with Crippen LogP contribution >= 0.6 is 11.6 Å². The van der Waals surface area contributed by atoms with Crippen LogP contribution in [0.15, 0.2) is 18.2 Å². The maximum absolute atomic E-state index is 11.3. The van der Waals surface area contributed by atoms with Gasteiger partial charge in [0.1, 0.15) is 0 Å². The van der Waals surface area contributed by atoms with E-state index in [9.17, 15) is 4.79 Å². The Morgan fingerprint density at radius 3 is 2.92 bits per heavy atom. The third-order valence-electron chi connectivity index (χ3n) is 1.49. The summed E-state index contributed by atoms with van der Waals surface area (Å²) in [7, 11) is 0. The molecule has 0 amide bonds. The Hall–Kier alpha value is -1.22. The van der Waals surface area contributed by atoms with Gasteiger partial charge < -0.3 is 10.5 Å². The van der Waals surface area contributed by atoms with Crippen molar-refractivity contribution in [3.05, 3.63) is 28.8 Å². The molecule has 1 rings (SSSR count). The monoisotopic (exact) mass is 199 g/mol. The van der Waals surface area contributed by atoms with E-state index in [1.165, 1.54) is 6.07 Å². The summed E-state index contributed by atoms with van der Waals surface area (Å²) in [5.41, 5.74) is 6.30. The molecule has 0 saturated heterocycles. The number of hydrogen-bond donors (Lipinski definition) is 1. The zero-order valence-corrected chi connectivity index (χ0v) is 7.97. The third kappa shape index (κ3) is 2.36. The second kappa shape index (κ2) is 4.14. The fourth-order valence-electron chi connectivity index (χ4n) is 0.908. The SMILES string of the molecule is CCOC(=O)c1cc(N)ccc1Cl.